The highest BCUT2D eigenvalue weighted by molar-refractivity contribution is 5.60. The minimum Gasteiger partial charge on any atom is -0.493 e. The third-order valence-electron chi connectivity index (χ3n) is 4.53. The summed E-state index contributed by atoms with van der Waals surface area (Å²) in [6.07, 6.45) is 6.35. The molecule has 1 aromatic carbocycles. The Labute approximate surface area is 120 Å². The fourth-order valence-corrected chi connectivity index (χ4v) is 3.47. The van der Waals surface area contributed by atoms with Gasteiger partial charge in [-0.15, -0.1) is 0 Å². The number of aliphatic hydroxyl groups is 1. The molecule has 0 fully saturated rings. The lowest BCUT2D eigenvalue weighted by Gasteiger charge is -2.33. The normalized spacial score (nSPS) is 30.6. The molecule has 1 aromatic rings. The van der Waals surface area contributed by atoms with Crippen LogP contribution in [0.25, 0.3) is 0 Å². The van der Waals surface area contributed by atoms with Gasteiger partial charge in [0.15, 0.2) is 11.5 Å². The Morgan fingerprint density at radius 2 is 2.25 bits per heavy atom. The minimum absolute atomic E-state index is 0.00981. The summed E-state index contributed by atoms with van der Waals surface area (Å²) in [7, 11) is 1.67. The summed E-state index contributed by atoms with van der Waals surface area (Å²) >= 11 is 0. The average Bonchev–Trinajstić information content (AvgIpc) is 2.73. The zero-order chi connectivity index (χ0) is 14.3. The van der Waals surface area contributed by atoms with Crippen molar-refractivity contribution < 1.29 is 14.6 Å². The van der Waals surface area contributed by atoms with Crippen molar-refractivity contribution in [2.75, 3.05) is 7.11 Å². The molecule has 0 bridgehead atoms. The second-order valence-electron chi connectivity index (χ2n) is 5.93. The van der Waals surface area contributed by atoms with Crippen molar-refractivity contribution in [1.82, 2.24) is 0 Å². The molecule has 1 heterocycles. The summed E-state index contributed by atoms with van der Waals surface area (Å²) in [5, 5.41) is 9.85. The molecule has 1 aliphatic carbocycles. The molecule has 1 N–H and O–H groups in total. The Kier molecular flexibility index (Phi) is 3.25. The zero-order valence-corrected chi connectivity index (χ0v) is 12.3. The van der Waals surface area contributed by atoms with E-state index in [-0.39, 0.29) is 11.5 Å². The predicted molar refractivity (Wildman–Crippen MR) is 78.5 cm³/mol. The molecule has 1 unspecified atom stereocenters. The van der Waals surface area contributed by atoms with Crippen molar-refractivity contribution in [3.05, 3.63) is 35.4 Å². The fraction of sp³-hybridized carbons (Fsp3) is 0.529. The van der Waals surface area contributed by atoms with Crippen LogP contribution in [0.15, 0.2) is 24.3 Å². The first-order valence-electron chi connectivity index (χ1n) is 7.34. The number of aliphatic hydroxyl groups excluding tert-OH is 1. The number of rotatable bonds is 3. The van der Waals surface area contributed by atoms with Crippen LogP contribution >= 0.6 is 0 Å². The number of ether oxygens (including phenoxy) is 2. The van der Waals surface area contributed by atoms with Crippen molar-refractivity contribution in [1.29, 1.82) is 0 Å². The molecule has 3 rings (SSSR count). The van der Waals surface area contributed by atoms with Crippen LogP contribution in [0, 0.1) is 0 Å². The summed E-state index contributed by atoms with van der Waals surface area (Å²) in [5.41, 5.74) is 2.41. The lowest BCUT2D eigenvalue weighted by Crippen LogP contribution is -2.39. The van der Waals surface area contributed by atoms with Crippen molar-refractivity contribution in [2.45, 2.75) is 50.7 Å². The molecule has 0 saturated heterocycles. The van der Waals surface area contributed by atoms with Crippen LogP contribution in [0.1, 0.15) is 37.8 Å². The maximum atomic E-state index is 9.85. The number of hydrogen-bond donors (Lipinski definition) is 1. The number of methoxy groups -OCH3 is 1. The molecule has 1 aliphatic heterocycles. The van der Waals surface area contributed by atoms with E-state index in [1.807, 2.05) is 12.1 Å². The maximum Gasteiger partial charge on any atom is 0.166 e. The van der Waals surface area contributed by atoms with E-state index in [2.05, 4.69) is 26.0 Å². The number of aryl methyl sites for hydroxylation is 1. The smallest absolute Gasteiger partial charge is 0.166 e. The summed E-state index contributed by atoms with van der Waals surface area (Å²) in [6.45, 7) is 4.39. The van der Waals surface area contributed by atoms with Crippen molar-refractivity contribution in [3.63, 3.8) is 0 Å². The summed E-state index contributed by atoms with van der Waals surface area (Å²) in [6, 6.07) is 4.14. The second-order valence-corrected chi connectivity index (χ2v) is 5.93. The van der Waals surface area contributed by atoms with E-state index in [4.69, 9.17) is 9.47 Å². The minimum atomic E-state index is -0.414. The molecule has 0 saturated carbocycles. The molecule has 0 amide bonds. The van der Waals surface area contributed by atoms with Crippen molar-refractivity contribution in [3.8, 4) is 11.5 Å². The van der Waals surface area contributed by atoms with Crippen molar-refractivity contribution in [2.24, 2.45) is 0 Å². The average molecular weight is 274 g/mol. The number of hydrogen-bond acceptors (Lipinski definition) is 3. The lowest BCUT2D eigenvalue weighted by molar-refractivity contribution is 0.0932. The van der Waals surface area contributed by atoms with Gasteiger partial charge >= 0.3 is 0 Å². The van der Waals surface area contributed by atoms with Crippen LogP contribution in [0.4, 0.5) is 0 Å². The molecule has 20 heavy (non-hydrogen) atoms. The van der Waals surface area contributed by atoms with E-state index in [1.165, 1.54) is 11.1 Å². The number of benzene rings is 1. The largest absolute Gasteiger partial charge is 0.493 e. The molecule has 0 radical (unpaired) electrons. The monoisotopic (exact) mass is 274 g/mol. The third kappa shape index (κ3) is 1.84. The Morgan fingerprint density at radius 1 is 1.45 bits per heavy atom. The predicted octanol–water partition coefficient (Wildman–Crippen LogP) is 2.99. The van der Waals surface area contributed by atoms with Crippen LogP contribution in [0.3, 0.4) is 0 Å². The maximum absolute atomic E-state index is 9.85. The van der Waals surface area contributed by atoms with E-state index < -0.39 is 6.10 Å². The molecular formula is C17H22O3. The van der Waals surface area contributed by atoms with Crippen LogP contribution < -0.4 is 9.47 Å². The third-order valence-corrected chi connectivity index (χ3v) is 4.53. The topological polar surface area (TPSA) is 38.7 Å². The lowest BCUT2D eigenvalue weighted by atomic mass is 9.72. The van der Waals surface area contributed by atoms with E-state index in [0.717, 1.165) is 24.3 Å². The van der Waals surface area contributed by atoms with Gasteiger partial charge in [0.2, 0.25) is 0 Å². The fourth-order valence-electron chi connectivity index (χ4n) is 3.47. The van der Waals surface area contributed by atoms with Crippen LogP contribution in [-0.4, -0.2) is 24.4 Å². The first-order valence-corrected chi connectivity index (χ1v) is 7.34. The van der Waals surface area contributed by atoms with Gasteiger partial charge in [0.05, 0.1) is 18.6 Å². The van der Waals surface area contributed by atoms with Gasteiger partial charge in [-0.05, 0) is 25.0 Å². The first kappa shape index (κ1) is 13.5. The zero-order valence-electron chi connectivity index (χ0n) is 12.3. The molecule has 3 nitrogen and oxygen atoms in total. The van der Waals surface area contributed by atoms with E-state index >= 15 is 0 Å². The second kappa shape index (κ2) is 4.81. The standard InChI is InChI=1S/C17H22O3/c1-4-5-11-6-7-13(19-3)16-15(11)17(2)9-8-12(18)10-14(17)20-16/h6-9,12,14,18H,4-5,10H2,1-3H3/t12?,14-,17+/m0/s1. The van der Waals surface area contributed by atoms with Gasteiger partial charge in [-0.1, -0.05) is 31.6 Å². The summed E-state index contributed by atoms with van der Waals surface area (Å²) in [4.78, 5) is 0. The molecule has 108 valence electrons. The Hall–Kier alpha value is -1.48. The van der Waals surface area contributed by atoms with E-state index in [9.17, 15) is 5.11 Å². The summed E-state index contributed by atoms with van der Waals surface area (Å²) < 4.78 is 11.6. The van der Waals surface area contributed by atoms with Gasteiger partial charge in [0.25, 0.3) is 0 Å². The van der Waals surface area contributed by atoms with E-state index in [0.29, 0.717) is 6.42 Å². The quantitative estimate of drug-likeness (QED) is 0.861. The Balaban J connectivity index is 2.16. The van der Waals surface area contributed by atoms with E-state index in [1.54, 1.807) is 7.11 Å². The highest BCUT2D eigenvalue weighted by Gasteiger charge is 2.48. The van der Waals surface area contributed by atoms with Gasteiger partial charge in [0.1, 0.15) is 6.10 Å². The van der Waals surface area contributed by atoms with Crippen LogP contribution in [0.5, 0.6) is 11.5 Å². The summed E-state index contributed by atoms with van der Waals surface area (Å²) in [5.74, 6) is 1.66. The Bertz CT molecular complexity index is 549. The molecule has 0 spiro atoms. The van der Waals surface area contributed by atoms with Gasteiger partial charge in [-0.25, -0.2) is 0 Å². The molecule has 0 aromatic heterocycles. The van der Waals surface area contributed by atoms with Crippen molar-refractivity contribution >= 4 is 0 Å². The van der Waals surface area contributed by atoms with Crippen LogP contribution in [-0.2, 0) is 11.8 Å². The molecule has 2 aliphatic rings. The van der Waals surface area contributed by atoms with Crippen LogP contribution in [0.2, 0.25) is 0 Å². The SMILES string of the molecule is CCCc1ccc(OC)c2c1[C@]1(C)C=CC(O)C[C@@H]1O2. The molecular weight excluding hydrogens is 252 g/mol. The highest BCUT2D eigenvalue weighted by atomic mass is 16.5. The van der Waals surface area contributed by atoms with Gasteiger partial charge in [0, 0.05) is 12.0 Å². The first-order chi connectivity index (χ1) is 9.60. The highest BCUT2D eigenvalue weighted by Crippen LogP contribution is 2.52. The van der Waals surface area contributed by atoms with Gasteiger partial charge in [-0.2, -0.15) is 0 Å². The van der Waals surface area contributed by atoms with Gasteiger partial charge in [-0.3, -0.25) is 0 Å². The van der Waals surface area contributed by atoms with Gasteiger partial charge < -0.3 is 14.6 Å². The number of fused-ring (bicyclic) bond motifs is 3. The Morgan fingerprint density at radius 3 is 2.95 bits per heavy atom. The molecule has 3 heteroatoms. The molecule has 3 atom stereocenters.